The van der Waals surface area contributed by atoms with Crippen molar-refractivity contribution in [3.63, 3.8) is 0 Å². The molecule has 0 bridgehead atoms. The van der Waals surface area contributed by atoms with Crippen LogP contribution >= 0.6 is 0 Å². The van der Waals surface area contributed by atoms with Crippen LogP contribution in [0.3, 0.4) is 0 Å². The molecule has 6 heteroatoms. The van der Waals surface area contributed by atoms with Crippen molar-refractivity contribution in [1.29, 1.82) is 0 Å². The molecule has 3 nitrogen and oxygen atoms in total. The van der Waals surface area contributed by atoms with Crippen LogP contribution in [0.4, 0.5) is 13.2 Å². The van der Waals surface area contributed by atoms with Gasteiger partial charge in [-0.25, -0.2) is 9.97 Å². The molecule has 16 heavy (non-hydrogen) atoms. The fraction of sp³-hybridized carbons (Fsp3) is 0.600. The number of alkyl halides is 3. The van der Waals surface area contributed by atoms with Crippen molar-refractivity contribution in [2.24, 2.45) is 5.73 Å². The zero-order chi connectivity index (χ0) is 12.2. The second-order valence-electron chi connectivity index (χ2n) is 3.63. The Bertz CT molecular complexity index is 338. The second-order valence-corrected chi connectivity index (χ2v) is 3.63. The Labute approximate surface area is 91.9 Å². The van der Waals surface area contributed by atoms with E-state index in [0.717, 1.165) is 6.42 Å². The summed E-state index contributed by atoms with van der Waals surface area (Å²) in [7, 11) is 0. The van der Waals surface area contributed by atoms with Gasteiger partial charge in [-0.05, 0) is 12.5 Å². The summed E-state index contributed by atoms with van der Waals surface area (Å²) in [6.07, 6.45) is -2.79. The van der Waals surface area contributed by atoms with Crippen LogP contribution in [0.1, 0.15) is 24.9 Å². The lowest BCUT2D eigenvalue weighted by Gasteiger charge is -2.09. The second kappa shape index (κ2) is 5.25. The third kappa shape index (κ3) is 4.57. The first-order valence-electron chi connectivity index (χ1n) is 5.04. The van der Waals surface area contributed by atoms with E-state index in [0.29, 0.717) is 12.1 Å². The van der Waals surface area contributed by atoms with Crippen LogP contribution in [0.25, 0.3) is 0 Å². The highest BCUT2D eigenvalue weighted by Gasteiger charge is 2.29. The van der Waals surface area contributed by atoms with Crippen LogP contribution in [0.15, 0.2) is 12.3 Å². The summed E-state index contributed by atoms with van der Waals surface area (Å²) in [5.41, 5.74) is 6.26. The maximum Gasteiger partial charge on any atom is 0.396 e. The molecule has 90 valence electrons. The number of hydrogen-bond donors (Lipinski definition) is 1. The summed E-state index contributed by atoms with van der Waals surface area (Å²) < 4.78 is 36.3. The molecule has 1 atom stereocenters. The Morgan fingerprint density at radius 2 is 2.12 bits per heavy atom. The van der Waals surface area contributed by atoms with Gasteiger partial charge in [-0.2, -0.15) is 13.2 Å². The highest BCUT2D eigenvalue weighted by Crippen LogP contribution is 2.19. The van der Waals surface area contributed by atoms with Crippen molar-refractivity contribution in [2.45, 2.75) is 38.4 Å². The Morgan fingerprint density at radius 3 is 2.69 bits per heavy atom. The predicted octanol–water partition coefficient (Wildman–Crippen LogP) is 1.86. The lowest BCUT2D eigenvalue weighted by Crippen LogP contribution is -2.22. The molecule has 2 N–H and O–H groups in total. The van der Waals surface area contributed by atoms with Gasteiger partial charge in [0.15, 0.2) is 0 Å². The van der Waals surface area contributed by atoms with Crippen molar-refractivity contribution in [2.75, 3.05) is 0 Å². The minimum atomic E-state index is -4.27. The van der Waals surface area contributed by atoms with E-state index in [1.54, 1.807) is 6.07 Å². The van der Waals surface area contributed by atoms with Crippen LogP contribution in [0, 0.1) is 0 Å². The summed E-state index contributed by atoms with van der Waals surface area (Å²) >= 11 is 0. The quantitative estimate of drug-likeness (QED) is 0.863. The fourth-order valence-corrected chi connectivity index (χ4v) is 1.23. The highest BCUT2D eigenvalue weighted by molar-refractivity contribution is 5.04. The monoisotopic (exact) mass is 233 g/mol. The summed E-state index contributed by atoms with van der Waals surface area (Å²) in [5, 5.41) is 0. The molecule has 0 aliphatic rings. The minimum Gasteiger partial charge on any atom is -0.327 e. The van der Waals surface area contributed by atoms with E-state index in [1.807, 2.05) is 6.92 Å². The number of nitrogens with zero attached hydrogens (tertiary/aromatic N) is 2. The molecule has 0 radical (unpaired) electrons. The standard InChI is InChI=1S/C10H14F3N3/c1-2-7(14)5-8-3-4-15-9(16-8)6-10(11,12)13/h3-4,7H,2,5-6,14H2,1H3. The molecule has 0 aromatic carbocycles. The van der Waals surface area contributed by atoms with E-state index in [1.165, 1.54) is 6.20 Å². The van der Waals surface area contributed by atoms with Gasteiger partial charge in [0.25, 0.3) is 0 Å². The maximum atomic E-state index is 12.1. The summed E-state index contributed by atoms with van der Waals surface area (Å²) in [6, 6.07) is 1.52. The average Bonchev–Trinajstić information content (AvgIpc) is 2.15. The van der Waals surface area contributed by atoms with Crippen molar-refractivity contribution in [3.8, 4) is 0 Å². The largest absolute Gasteiger partial charge is 0.396 e. The smallest absolute Gasteiger partial charge is 0.327 e. The van der Waals surface area contributed by atoms with E-state index in [-0.39, 0.29) is 11.9 Å². The van der Waals surface area contributed by atoms with Crippen molar-refractivity contribution in [3.05, 3.63) is 23.8 Å². The first-order chi connectivity index (χ1) is 7.40. The Kier molecular flexibility index (Phi) is 4.23. The van der Waals surface area contributed by atoms with Crippen LogP contribution < -0.4 is 5.73 Å². The van der Waals surface area contributed by atoms with E-state index >= 15 is 0 Å². The molecule has 1 aromatic heterocycles. The van der Waals surface area contributed by atoms with Crippen molar-refractivity contribution >= 4 is 0 Å². The molecule has 0 aliphatic carbocycles. The SMILES string of the molecule is CCC(N)Cc1ccnc(CC(F)(F)F)n1. The van der Waals surface area contributed by atoms with E-state index in [9.17, 15) is 13.2 Å². The van der Waals surface area contributed by atoms with Gasteiger partial charge in [0.2, 0.25) is 0 Å². The minimum absolute atomic E-state index is 0.0753. The molecule has 0 aliphatic heterocycles. The molecule has 1 rings (SSSR count). The topological polar surface area (TPSA) is 51.8 Å². The van der Waals surface area contributed by atoms with Crippen LogP contribution in [0.5, 0.6) is 0 Å². The summed E-state index contributed by atoms with van der Waals surface area (Å²) in [5.74, 6) is -0.201. The Hall–Kier alpha value is -1.17. The molecular formula is C10H14F3N3. The number of aromatic nitrogens is 2. The fourth-order valence-electron chi connectivity index (χ4n) is 1.23. The van der Waals surface area contributed by atoms with Gasteiger partial charge < -0.3 is 5.73 Å². The van der Waals surface area contributed by atoms with E-state index < -0.39 is 12.6 Å². The van der Waals surface area contributed by atoms with E-state index in [4.69, 9.17) is 5.73 Å². The van der Waals surface area contributed by atoms with Gasteiger partial charge in [0, 0.05) is 24.4 Å². The van der Waals surface area contributed by atoms with Gasteiger partial charge in [0.1, 0.15) is 12.2 Å². The first-order valence-corrected chi connectivity index (χ1v) is 5.04. The zero-order valence-electron chi connectivity index (χ0n) is 8.96. The zero-order valence-corrected chi connectivity index (χ0v) is 8.96. The number of rotatable bonds is 4. The lowest BCUT2D eigenvalue weighted by atomic mass is 10.1. The number of nitrogens with two attached hydrogens (primary N) is 1. The van der Waals surface area contributed by atoms with Gasteiger partial charge in [-0.15, -0.1) is 0 Å². The van der Waals surface area contributed by atoms with Gasteiger partial charge >= 0.3 is 6.18 Å². The van der Waals surface area contributed by atoms with Gasteiger partial charge in [0.05, 0.1) is 0 Å². The van der Waals surface area contributed by atoms with Gasteiger partial charge in [-0.3, -0.25) is 0 Å². The first kappa shape index (κ1) is 12.9. The summed E-state index contributed by atoms with van der Waals surface area (Å²) in [6.45, 7) is 1.92. The Morgan fingerprint density at radius 1 is 1.44 bits per heavy atom. The molecule has 0 amide bonds. The molecule has 1 unspecified atom stereocenters. The van der Waals surface area contributed by atoms with E-state index in [2.05, 4.69) is 9.97 Å². The Balaban J connectivity index is 2.71. The predicted molar refractivity (Wildman–Crippen MR) is 53.8 cm³/mol. The van der Waals surface area contributed by atoms with Crippen LogP contribution in [0.2, 0.25) is 0 Å². The normalized spacial score (nSPS) is 13.8. The van der Waals surface area contributed by atoms with Crippen molar-refractivity contribution < 1.29 is 13.2 Å². The lowest BCUT2D eigenvalue weighted by molar-refractivity contribution is -0.128. The molecule has 1 heterocycles. The van der Waals surface area contributed by atoms with Crippen LogP contribution in [-0.4, -0.2) is 22.2 Å². The molecule has 0 saturated heterocycles. The molecule has 0 fully saturated rings. The molecule has 1 aromatic rings. The molecule has 0 saturated carbocycles. The van der Waals surface area contributed by atoms with Gasteiger partial charge in [-0.1, -0.05) is 6.92 Å². The molecule has 0 spiro atoms. The number of hydrogen-bond acceptors (Lipinski definition) is 3. The third-order valence-corrected chi connectivity index (χ3v) is 2.12. The molecular weight excluding hydrogens is 219 g/mol. The third-order valence-electron chi connectivity index (χ3n) is 2.12. The summed E-state index contributed by atoms with van der Waals surface area (Å²) in [4.78, 5) is 7.42. The van der Waals surface area contributed by atoms with Crippen LogP contribution in [-0.2, 0) is 12.8 Å². The number of halogens is 3. The average molecular weight is 233 g/mol. The maximum absolute atomic E-state index is 12.1. The highest BCUT2D eigenvalue weighted by atomic mass is 19.4. The van der Waals surface area contributed by atoms with Crippen molar-refractivity contribution in [1.82, 2.24) is 9.97 Å².